The van der Waals surface area contributed by atoms with Crippen LogP contribution in [-0.2, 0) is 14.9 Å². The van der Waals surface area contributed by atoms with E-state index in [1.807, 2.05) is 13.8 Å². The zero-order chi connectivity index (χ0) is 14.9. The molecule has 0 aromatic rings. The SMILES string of the molecule is CC1CCC(N(C)S(=O)(=O)N2CC(C)OC(C)C2)CC1. The van der Waals surface area contributed by atoms with Gasteiger partial charge in [-0.2, -0.15) is 17.0 Å². The largest absolute Gasteiger partial charge is 0.373 e. The van der Waals surface area contributed by atoms with E-state index in [1.54, 1.807) is 15.7 Å². The Bertz CT molecular complexity index is 408. The molecule has 6 heteroatoms. The van der Waals surface area contributed by atoms with Crippen molar-refractivity contribution in [1.29, 1.82) is 0 Å². The summed E-state index contributed by atoms with van der Waals surface area (Å²) >= 11 is 0. The molecule has 2 unspecified atom stereocenters. The van der Waals surface area contributed by atoms with Gasteiger partial charge in [-0.05, 0) is 45.4 Å². The minimum atomic E-state index is -3.36. The summed E-state index contributed by atoms with van der Waals surface area (Å²) in [6.07, 6.45) is 4.14. The summed E-state index contributed by atoms with van der Waals surface area (Å²) in [5, 5.41) is 0. The molecule has 0 bridgehead atoms. The van der Waals surface area contributed by atoms with E-state index in [1.165, 1.54) is 0 Å². The fraction of sp³-hybridized carbons (Fsp3) is 1.00. The Morgan fingerprint density at radius 1 is 1.00 bits per heavy atom. The Hall–Kier alpha value is -0.170. The lowest BCUT2D eigenvalue weighted by Crippen LogP contribution is -2.54. The molecule has 2 fully saturated rings. The van der Waals surface area contributed by atoms with Gasteiger partial charge in [0.1, 0.15) is 0 Å². The number of ether oxygens (including phenoxy) is 1. The van der Waals surface area contributed by atoms with Crippen molar-refractivity contribution in [2.75, 3.05) is 20.1 Å². The molecule has 2 rings (SSSR count). The predicted octanol–water partition coefficient (Wildman–Crippen LogP) is 1.85. The molecule has 0 aromatic heterocycles. The molecule has 0 aromatic carbocycles. The molecule has 20 heavy (non-hydrogen) atoms. The number of rotatable bonds is 3. The van der Waals surface area contributed by atoms with E-state index < -0.39 is 10.2 Å². The summed E-state index contributed by atoms with van der Waals surface area (Å²) in [6, 6.07) is 0.157. The summed E-state index contributed by atoms with van der Waals surface area (Å²) in [5.74, 6) is 0.728. The second-order valence-corrected chi connectivity index (χ2v) is 8.50. The minimum Gasteiger partial charge on any atom is -0.373 e. The van der Waals surface area contributed by atoms with E-state index >= 15 is 0 Å². The van der Waals surface area contributed by atoms with Crippen LogP contribution in [0.25, 0.3) is 0 Å². The third-order valence-corrected chi connectivity index (χ3v) is 6.55. The van der Waals surface area contributed by atoms with Crippen molar-refractivity contribution >= 4 is 10.2 Å². The predicted molar refractivity (Wildman–Crippen MR) is 79.7 cm³/mol. The van der Waals surface area contributed by atoms with Gasteiger partial charge in [0.25, 0.3) is 10.2 Å². The molecule has 5 nitrogen and oxygen atoms in total. The molecule has 0 spiro atoms. The zero-order valence-electron chi connectivity index (χ0n) is 13.1. The molecule has 0 radical (unpaired) electrons. The smallest absolute Gasteiger partial charge is 0.282 e. The first-order valence-corrected chi connectivity index (χ1v) is 9.09. The Kier molecular flexibility index (Phi) is 5.10. The second kappa shape index (κ2) is 6.30. The van der Waals surface area contributed by atoms with Crippen molar-refractivity contribution in [2.45, 2.75) is 64.7 Å². The lowest BCUT2D eigenvalue weighted by Gasteiger charge is -2.39. The van der Waals surface area contributed by atoms with Gasteiger partial charge in [-0.15, -0.1) is 0 Å². The third kappa shape index (κ3) is 3.53. The molecule has 1 saturated heterocycles. The van der Waals surface area contributed by atoms with E-state index in [9.17, 15) is 8.42 Å². The normalized spacial score (nSPS) is 37.2. The van der Waals surface area contributed by atoms with Crippen molar-refractivity contribution in [3.63, 3.8) is 0 Å². The van der Waals surface area contributed by atoms with Gasteiger partial charge in [0.2, 0.25) is 0 Å². The molecule has 0 amide bonds. The van der Waals surface area contributed by atoms with Gasteiger partial charge in [-0.3, -0.25) is 0 Å². The van der Waals surface area contributed by atoms with Crippen LogP contribution in [0.4, 0.5) is 0 Å². The van der Waals surface area contributed by atoms with Crippen LogP contribution >= 0.6 is 0 Å². The highest BCUT2D eigenvalue weighted by Crippen LogP contribution is 2.29. The third-order valence-electron chi connectivity index (χ3n) is 4.58. The fourth-order valence-corrected chi connectivity index (χ4v) is 5.04. The van der Waals surface area contributed by atoms with E-state index in [2.05, 4.69) is 6.92 Å². The van der Waals surface area contributed by atoms with Crippen LogP contribution in [0, 0.1) is 5.92 Å². The summed E-state index contributed by atoms with van der Waals surface area (Å²) in [5.41, 5.74) is 0. The number of hydrogen-bond donors (Lipinski definition) is 0. The lowest BCUT2D eigenvalue weighted by molar-refractivity contribution is -0.0457. The molecule has 1 heterocycles. The van der Waals surface area contributed by atoms with Gasteiger partial charge in [-0.1, -0.05) is 6.92 Å². The highest BCUT2D eigenvalue weighted by molar-refractivity contribution is 7.86. The van der Waals surface area contributed by atoms with Crippen LogP contribution in [-0.4, -0.2) is 55.4 Å². The van der Waals surface area contributed by atoms with Crippen LogP contribution in [0.15, 0.2) is 0 Å². The highest BCUT2D eigenvalue weighted by atomic mass is 32.2. The maximum atomic E-state index is 12.8. The van der Waals surface area contributed by atoms with E-state index in [4.69, 9.17) is 4.74 Å². The van der Waals surface area contributed by atoms with Gasteiger partial charge in [0, 0.05) is 26.2 Å². The second-order valence-electron chi connectivity index (χ2n) is 6.51. The van der Waals surface area contributed by atoms with Gasteiger partial charge >= 0.3 is 0 Å². The molecule has 1 aliphatic heterocycles. The van der Waals surface area contributed by atoms with Crippen molar-refractivity contribution in [2.24, 2.45) is 5.92 Å². The van der Waals surface area contributed by atoms with Gasteiger partial charge in [-0.25, -0.2) is 0 Å². The average molecular weight is 304 g/mol. The first kappa shape index (κ1) is 16.2. The first-order valence-electron chi connectivity index (χ1n) is 7.69. The van der Waals surface area contributed by atoms with Crippen molar-refractivity contribution in [1.82, 2.24) is 8.61 Å². The topological polar surface area (TPSA) is 49.9 Å². The van der Waals surface area contributed by atoms with Crippen LogP contribution in [0.3, 0.4) is 0 Å². The van der Waals surface area contributed by atoms with E-state index in [0.29, 0.717) is 13.1 Å². The molecule has 2 aliphatic rings. The molecule has 2 atom stereocenters. The number of morpholine rings is 1. The highest BCUT2D eigenvalue weighted by Gasteiger charge is 2.37. The standard InChI is InChI=1S/C14H28N2O3S/c1-11-5-7-14(8-6-11)15(4)20(17,18)16-9-12(2)19-13(3)10-16/h11-14H,5-10H2,1-4H3. The number of nitrogens with zero attached hydrogens (tertiary/aromatic N) is 2. The first-order chi connectivity index (χ1) is 9.30. The summed E-state index contributed by atoms with van der Waals surface area (Å²) < 4.78 is 34.3. The minimum absolute atomic E-state index is 0.0340. The molecule has 1 aliphatic carbocycles. The summed E-state index contributed by atoms with van der Waals surface area (Å²) in [7, 11) is -1.62. The average Bonchev–Trinajstić information content (AvgIpc) is 2.37. The van der Waals surface area contributed by atoms with Crippen molar-refractivity contribution in [3.8, 4) is 0 Å². The molecule has 118 valence electrons. The van der Waals surface area contributed by atoms with Crippen molar-refractivity contribution < 1.29 is 13.2 Å². The number of hydrogen-bond acceptors (Lipinski definition) is 3. The van der Waals surface area contributed by atoms with E-state index in [0.717, 1.165) is 31.6 Å². The quantitative estimate of drug-likeness (QED) is 0.799. The Morgan fingerprint density at radius 2 is 1.50 bits per heavy atom. The van der Waals surface area contributed by atoms with E-state index in [-0.39, 0.29) is 18.2 Å². The van der Waals surface area contributed by atoms with Crippen LogP contribution in [0.2, 0.25) is 0 Å². The van der Waals surface area contributed by atoms with Crippen LogP contribution < -0.4 is 0 Å². The lowest BCUT2D eigenvalue weighted by atomic mass is 9.87. The zero-order valence-corrected chi connectivity index (χ0v) is 13.9. The molecular formula is C14H28N2O3S. The van der Waals surface area contributed by atoms with Crippen LogP contribution in [0.1, 0.15) is 46.5 Å². The fourth-order valence-electron chi connectivity index (χ4n) is 3.30. The Balaban J connectivity index is 2.05. The van der Waals surface area contributed by atoms with Gasteiger partial charge < -0.3 is 4.74 Å². The Morgan fingerprint density at radius 3 is 2.00 bits per heavy atom. The summed E-state index contributed by atoms with van der Waals surface area (Å²) in [6.45, 7) is 7.03. The monoisotopic (exact) mass is 304 g/mol. The van der Waals surface area contributed by atoms with Gasteiger partial charge in [0.05, 0.1) is 12.2 Å². The summed E-state index contributed by atoms with van der Waals surface area (Å²) in [4.78, 5) is 0. The molecule has 1 saturated carbocycles. The Labute approximate surface area is 123 Å². The van der Waals surface area contributed by atoms with Gasteiger partial charge in [0.15, 0.2) is 0 Å². The van der Waals surface area contributed by atoms with Crippen LogP contribution in [0.5, 0.6) is 0 Å². The maximum absolute atomic E-state index is 12.8. The van der Waals surface area contributed by atoms with Crippen molar-refractivity contribution in [3.05, 3.63) is 0 Å². The molecule has 0 N–H and O–H groups in total. The molecular weight excluding hydrogens is 276 g/mol. The maximum Gasteiger partial charge on any atom is 0.282 e.